The van der Waals surface area contributed by atoms with Crippen LogP contribution in [0.5, 0.6) is 0 Å². The number of nitrogens with zero attached hydrogens (tertiary/aromatic N) is 3. The lowest BCUT2D eigenvalue weighted by molar-refractivity contribution is 0.0675. The van der Waals surface area contributed by atoms with Gasteiger partial charge in [0.05, 0.1) is 12.5 Å². The first-order valence-corrected chi connectivity index (χ1v) is 2.92. The first-order chi connectivity index (χ1) is 5.25. The number of alkyl halides is 2. The molecule has 1 aromatic rings. The summed E-state index contributed by atoms with van der Waals surface area (Å²) >= 11 is 0. The highest BCUT2D eigenvalue weighted by Gasteiger charge is 2.09. The molecule has 0 bridgehead atoms. The minimum atomic E-state index is -2.61. The first kappa shape index (κ1) is 7.66. The van der Waals surface area contributed by atoms with E-state index in [2.05, 4.69) is 4.98 Å². The van der Waals surface area contributed by atoms with Crippen LogP contribution in [0.4, 0.5) is 8.78 Å². The van der Waals surface area contributed by atoms with Crippen LogP contribution in [0.25, 0.3) is 0 Å². The fourth-order valence-corrected chi connectivity index (χ4v) is 0.729. The molecule has 3 nitrogen and oxygen atoms in total. The van der Waals surface area contributed by atoms with Gasteiger partial charge in [0.15, 0.2) is 0 Å². The van der Waals surface area contributed by atoms with Gasteiger partial charge in [0.1, 0.15) is 5.82 Å². The lowest BCUT2D eigenvalue weighted by Gasteiger charge is -2.01. The van der Waals surface area contributed by atoms with Gasteiger partial charge in [-0.15, -0.1) is 0 Å². The molecule has 0 aliphatic rings. The Morgan fingerprint density at radius 2 is 2.45 bits per heavy atom. The van der Waals surface area contributed by atoms with Crippen LogP contribution >= 0.6 is 0 Å². The topological polar surface area (TPSA) is 41.6 Å². The molecular weight excluding hydrogens is 152 g/mol. The highest BCUT2D eigenvalue weighted by Crippen LogP contribution is 2.11. The van der Waals surface area contributed by atoms with Crippen LogP contribution in [-0.4, -0.2) is 9.55 Å². The predicted molar refractivity (Wildman–Crippen MR) is 32.8 cm³/mol. The van der Waals surface area contributed by atoms with Gasteiger partial charge in [-0.3, -0.25) is 4.57 Å². The highest BCUT2D eigenvalue weighted by molar-refractivity contribution is 4.99. The molecule has 0 aliphatic heterocycles. The summed E-state index contributed by atoms with van der Waals surface area (Å²) in [6.07, 6.45) is 2.31. The van der Waals surface area contributed by atoms with Crippen molar-refractivity contribution in [3.8, 4) is 6.07 Å². The maximum atomic E-state index is 12.0. The second-order valence-electron chi connectivity index (χ2n) is 1.86. The van der Waals surface area contributed by atoms with E-state index in [0.29, 0.717) is 4.57 Å². The molecule has 0 saturated heterocycles. The summed E-state index contributed by atoms with van der Waals surface area (Å²) in [5.41, 5.74) is 0. The Kier molecular flexibility index (Phi) is 2.16. The Bertz CT molecular complexity index is 274. The number of halogens is 2. The van der Waals surface area contributed by atoms with Crippen molar-refractivity contribution < 1.29 is 8.78 Å². The van der Waals surface area contributed by atoms with Gasteiger partial charge in [0.2, 0.25) is 0 Å². The highest BCUT2D eigenvalue weighted by atomic mass is 19.3. The smallest absolute Gasteiger partial charge is 0.277 e. The summed E-state index contributed by atoms with van der Waals surface area (Å²) in [4.78, 5) is 3.59. The zero-order valence-corrected chi connectivity index (χ0v) is 5.54. The van der Waals surface area contributed by atoms with Gasteiger partial charge in [-0.05, 0) is 0 Å². The van der Waals surface area contributed by atoms with E-state index < -0.39 is 6.55 Å². The molecule has 0 N–H and O–H groups in total. The third kappa shape index (κ3) is 1.52. The molecule has 0 radical (unpaired) electrons. The molecule has 0 saturated carbocycles. The quantitative estimate of drug-likeness (QED) is 0.650. The second kappa shape index (κ2) is 3.10. The Hall–Kier alpha value is -1.44. The molecular formula is C6H5F2N3. The molecule has 58 valence electrons. The molecule has 1 rings (SSSR count). The fourth-order valence-electron chi connectivity index (χ4n) is 0.729. The van der Waals surface area contributed by atoms with Gasteiger partial charge in [-0.2, -0.15) is 14.0 Å². The number of hydrogen-bond acceptors (Lipinski definition) is 2. The molecule has 0 amide bonds. The van der Waals surface area contributed by atoms with Crippen molar-refractivity contribution >= 4 is 0 Å². The molecule has 1 aromatic heterocycles. The van der Waals surface area contributed by atoms with Crippen LogP contribution in [-0.2, 0) is 6.42 Å². The number of aromatic nitrogens is 2. The fraction of sp³-hybridized carbons (Fsp3) is 0.333. The average molecular weight is 157 g/mol. The number of imidazole rings is 1. The zero-order chi connectivity index (χ0) is 8.27. The Morgan fingerprint density at radius 3 is 3.00 bits per heavy atom. The van der Waals surface area contributed by atoms with Gasteiger partial charge >= 0.3 is 6.55 Å². The van der Waals surface area contributed by atoms with E-state index in [-0.39, 0.29) is 12.2 Å². The van der Waals surface area contributed by atoms with Crippen LogP contribution in [0.1, 0.15) is 12.4 Å². The maximum Gasteiger partial charge on any atom is 0.319 e. The van der Waals surface area contributed by atoms with Gasteiger partial charge in [0, 0.05) is 12.4 Å². The van der Waals surface area contributed by atoms with Gasteiger partial charge in [0.25, 0.3) is 0 Å². The van der Waals surface area contributed by atoms with Crippen LogP contribution in [0.2, 0.25) is 0 Å². The largest absolute Gasteiger partial charge is 0.319 e. The lowest BCUT2D eigenvalue weighted by Crippen LogP contribution is -2.02. The molecule has 0 aliphatic carbocycles. The van der Waals surface area contributed by atoms with Crippen LogP contribution < -0.4 is 0 Å². The normalized spacial score (nSPS) is 10.0. The van der Waals surface area contributed by atoms with Gasteiger partial charge in [-0.1, -0.05) is 0 Å². The molecule has 5 heteroatoms. The van der Waals surface area contributed by atoms with E-state index in [1.54, 1.807) is 6.07 Å². The van der Waals surface area contributed by atoms with Gasteiger partial charge < -0.3 is 0 Å². The standard InChI is InChI=1S/C6H5F2N3/c7-6(8)11-4-3-10-5(11)1-2-9/h3-4,6H,1H2. The monoisotopic (exact) mass is 157 g/mol. The molecule has 0 atom stereocenters. The summed E-state index contributed by atoms with van der Waals surface area (Å²) in [6.45, 7) is -2.61. The van der Waals surface area contributed by atoms with Crippen molar-refractivity contribution in [2.45, 2.75) is 13.0 Å². The Morgan fingerprint density at radius 1 is 1.73 bits per heavy atom. The van der Waals surface area contributed by atoms with Crippen LogP contribution in [0.15, 0.2) is 12.4 Å². The van der Waals surface area contributed by atoms with Gasteiger partial charge in [-0.25, -0.2) is 4.98 Å². The number of nitriles is 1. The molecule has 0 unspecified atom stereocenters. The SMILES string of the molecule is N#CCc1nccn1C(F)F. The Balaban J connectivity index is 2.89. The second-order valence-corrected chi connectivity index (χ2v) is 1.86. The van der Waals surface area contributed by atoms with Crippen LogP contribution in [0, 0.1) is 11.3 Å². The van der Waals surface area contributed by atoms with Crippen molar-refractivity contribution in [1.82, 2.24) is 9.55 Å². The Labute approximate surface area is 61.9 Å². The molecule has 0 spiro atoms. The van der Waals surface area contributed by atoms with E-state index in [4.69, 9.17) is 5.26 Å². The maximum absolute atomic E-state index is 12.0. The molecule has 11 heavy (non-hydrogen) atoms. The third-order valence-electron chi connectivity index (χ3n) is 1.20. The summed E-state index contributed by atoms with van der Waals surface area (Å²) in [5, 5.41) is 8.20. The summed E-state index contributed by atoms with van der Waals surface area (Å²) in [5.74, 6) is 0.0995. The van der Waals surface area contributed by atoms with Crippen molar-refractivity contribution in [3.05, 3.63) is 18.2 Å². The molecule has 0 fully saturated rings. The summed E-state index contributed by atoms with van der Waals surface area (Å²) in [6, 6.07) is 1.75. The molecule has 1 heterocycles. The number of hydrogen-bond donors (Lipinski definition) is 0. The zero-order valence-electron chi connectivity index (χ0n) is 5.54. The predicted octanol–water partition coefficient (Wildman–Crippen LogP) is 1.34. The van der Waals surface area contributed by atoms with Crippen molar-refractivity contribution in [2.75, 3.05) is 0 Å². The first-order valence-electron chi connectivity index (χ1n) is 2.92. The summed E-state index contributed by atoms with van der Waals surface area (Å²) in [7, 11) is 0. The van der Waals surface area contributed by atoms with E-state index in [1.807, 2.05) is 0 Å². The lowest BCUT2D eigenvalue weighted by atomic mass is 10.4. The number of rotatable bonds is 2. The van der Waals surface area contributed by atoms with Crippen molar-refractivity contribution in [2.24, 2.45) is 0 Å². The van der Waals surface area contributed by atoms with E-state index in [0.717, 1.165) is 6.20 Å². The van der Waals surface area contributed by atoms with E-state index >= 15 is 0 Å². The third-order valence-corrected chi connectivity index (χ3v) is 1.20. The van der Waals surface area contributed by atoms with E-state index in [1.165, 1.54) is 6.20 Å². The van der Waals surface area contributed by atoms with Crippen molar-refractivity contribution in [3.63, 3.8) is 0 Å². The average Bonchev–Trinajstić information content (AvgIpc) is 2.36. The van der Waals surface area contributed by atoms with Crippen LogP contribution in [0.3, 0.4) is 0 Å². The minimum Gasteiger partial charge on any atom is -0.277 e. The molecule has 0 aromatic carbocycles. The van der Waals surface area contributed by atoms with E-state index in [9.17, 15) is 8.78 Å². The summed E-state index contributed by atoms with van der Waals surface area (Å²) < 4.78 is 24.7. The minimum absolute atomic E-state index is 0.0860. The van der Waals surface area contributed by atoms with Crippen molar-refractivity contribution in [1.29, 1.82) is 5.26 Å².